The van der Waals surface area contributed by atoms with Crippen LogP contribution in [0.4, 0.5) is 8.78 Å². The third kappa shape index (κ3) is 3.40. The molecule has 4 saturated carbocycles. The Hall–Kier alpha value is -1.45. The summed E-state index contributed by atoms with van der Waals surface area (Å²) in [5.41, 5.74) is 1.43. The molecule has 0 radical (unpaired) electrons. The summed E-state index contributed by atoms with van der Waals surface area (Å²) in [6, 6.07) is 2.60. The molecule has 1 heterocycles. The third-order valence-corrected chi connectivity index (χ3v) is 11.7. The van der Waals surface area contributed by atoms with E-state index in [0.29, 0.717) is 34.6 Å². The van der Waals surface area contributed by atoms with Crippen LogP contribution >= 0.6 is 0 Å². The van der Waals surface area contributed by atoms with Crippen molar-refractivity contribution in [1.82, 2.24) is 4.98 Å². The number of hydrogen-bond acceptors (Lipinski definition) is 2. The van der Waals surface area contributed by atoms with Crippen LogP contribution in [0.5, 0.6) is 0 Å². The van der Waals surface area contributed by atoms with Crippen LogP contribution in [0.25, 0.3) is 11.1 Å². The van der Waals surface area contributed by atoms with Crippen LogP contribution in [0, 0.1) is 58.0 Å². The summed E-state index contributed by atoms with van der Waals surface area (Å²) < 4.78 is 33.4. The number of nitrogens with zero attached hydrogens (tertiary/aromatic N) is 1. The van der Waals surface area contributed by atoms with Crippen LogP contribution in [0.15, 0.2) is 16.5 Å². The molecule has 186 valence electrons. The van der Waals surface area contributed by atoms with Crippen molar-refractivity contribution in [1.29, 1.82) is 0 Å². The summed E-state index contributed by atoms with van der Waals surface area (Å²) in [5.74, 6) is 3.87. The third-order valence-electron chi connectivity index (χ3n) is 11.7. The van der Waals surface area contributed by atoms with Gasteiger partial charge in [-0.15, -0.1) is 0 Å². The standard InChI is InChI=1S/C30H41F2NO/c1-18(7-14-26-33-28-25(34-26)13-12-24(31)27(28)32)21-10-11-22-20-9-8-19-6-4-5-16-29(19,2)23(20)15-17-30(21,22)3/h12-13,18-23H,4-11,14-17H2,1-3H3. The number of halogens is 2. The average molecular weight is 470 g/mol. The van der Waals surface area contributed by atoms with E-state index in [1.807, 2.05) is 0 Å². The Labute approximate surface area is 203 Å². The van der Waals surface area contributed by atoms with E-state index in [9.17, 15) is 8.78 Å². The lowest BCUT2D eigenvalue weighted by atomic mass is 9.44. The first kappa shape index (κ1) is 23.0. The molecule has 2 aromatic rings. The van der Waals surface area contributed by atoms with Gasteiger partial charge in [0.2, 0.25) is 0 Å². The van der Waals surface area contributed by atoms with Crippen molar-refractivity contribution in [2.24, 2.45) is 46.3 Å². The molecular formula is C30H41F2NO. The van der Waals surface area contributed by atoms with Crippen LogP contribution in [-0.4, -0.2) is 4.98 Å². The number of oxazole rings is 1. The van der Waals surface area contributed by atoms with E-state index in [-0.39, 0.29) is 5.52 Å². The van der Waals surface area contributed by atoms with E-state index in [2.05, 4.69) is 25.8 Å². The number of rotatable bonds is 4. The zero-order valence-electron chi connectivity index (χ0n) is 21.2. The summed E-state index contributed by atoms with van der Waals surface area (Å²) in [5, 5.41) is 0. The van der Waals surface area contributed by atoms with Crippen molar-refractivity contribution >= 4 is 11.1 Å². The molecule has 6 rings (SSSR count). The zero-order valence-corrected chi connectivity index (χ0v) is 21.2. The number of aryl methyl sites for hydroxylation is 1. The number of hydrogen-bond donors (Lipinski definition) is 0. The maximum absolute atomic E-state index is 14.1. The highest BCUT2D eigenvalue weighted by Gasteiger charge is 2.60. The Morgan fingerprint density at radius 2 is 1.79 bits per heavy atom. The second-order valence-electron chi connectivity index (χ2n) is 13.0. The largest absolute Gasteiger partial charge is 0.441 e. The molecule has 34 heavy (non-hydrogen) atoms. The van der Waals surface area contributed by atoms with Crippen molar-refractivity contribution in [3.8, 4) is 0 Å². The fourth-order valence-corrected chi connectivity index (χ4v) is 9.91. The minimum Gasteiger partial charge on any atom is -0.441 e. The summed E-state index contributed by atoms with van der Waals surface area (Å²) in [6.45, 7) is 7.70. The Balaban J connectivity index is 1.16. The van der Waals surface area contributed by atoms with Crippen molar-refractivity contribution in [3.63, 3.8) is 0 Å². The quantitative estimate of drug-likeness (QED) is 0.447. The van der Waals surface area contributed by atoms with Crippen LogP contribution in [0.1, 0.15) is 97.3 Å². The molecule has 0 bridgehead atoms. The number of benzene rings is 1. The SMILES string of the molecule is CC(CCc1nc2c(F)c(F)ccc2o1)C1CCC2C3CCC4CCCCC4(C)C3CCC12C. The topological polar surface area (TPSA) is 26.0 Å². The molecule has 1 aromatic heterocycles. The van der Waals surface area contributed by atoms with Gasteiger partial charge in [-0.3, -0.25) is 0 Å². The molecule has 0 N–H and O–H groups in total. The van der Waals surface area contributed by atoms with Gasteiger partial charge in [0.15, 0.2) is 23.1 Å². The fourth-order valence-electron chi connectivity index (χ4n) is 9.91. The molecule has 0 spiro atoms. The lowest BCUT2D eigenvalue weighted by Crippen LogP contribution is -2.53. The van der Waals surface area contributed by atoms with Gasteiger partial charge in [-0.25, -0.2) is 13.8 Å². The van der Waals surface area contributed by atoms with Crippen LogP contribution < -0.4 is 0 Å². The molecule has 0 amide bonds. The Kier molecular flexibility index (Phi) is 5.61. The summed E-state index contributed by atoms with van der Waals surface area (Å²) in [4.78, 5) is 4.29. The molecule has 4 heteroatoms. The lowest BCUT2D eigenvalue weighted by Gasteiger charge is -2.61. The second kappa shape index (κ2) is 8.30. The van der Waals surface area contributed by atoms with Crippen LogP contribution in [0.3, 0.4) is 0 Å². The fraction of sp³-hybridized carbons (Fsp3) is 0.767. The van der Waals surface area contributed by atoms with E-state index in [0.717, 1.165) is 42.1 Å². The molecule has 2 nitrogen and oxygen atoms in total. The Morgan fingerprint density at radius 1 is 0.971 bits per heavy atom. The smallest absolute Gasteiger partial charge is 0.195 e. The minimum absolute atomic E-state index is 0.0284. The molecule has 1 aromatic carbocycles. The first-order valence-corrected chi connectivity index (χ1v) is 14.0. The Morgan fingerprint density at radius 3 is 2.65 bits per heavy atom. The zero-order chi connectivity index (χ0) is 23.7. The predicted octanol–water partition coefficient (Wildman–Crippen LogP) is 8.72. The maximum atomic E-state index is 14.1. The molecule has 4 aliphatic rings. The van der Waals surface area contributed by atoms with Gasteiger partial charge in [-0.2, -0.15) is 0 Å². The lowest BCUT2D eigenvalue weighted by molar-refractivity contribution is -0.114. The van der Waals surface area contributed by atoms with Gasteiger partial charge in [-0.1, -0.05) is 33.6 Å². The van der Waals surface area contributed by atoms with E-state index < -0.39 is 11.6 Å². The van der Waals surface area contributed by atoms with Crippen molar-refractivity contribution in [3.05, 3.63) is 29.7 Å². The molecule has 0 aliphatic heterocycles. The van der Waals surface area contributed by atoms with E-state index in [1.54, 1.807) is 0 Å². The van der Waals surface area contributed by atoms with Gasteiger partial charge in [0.25, 0.3) is 0 Å². The molecule has 8 atom stereocenters. The van der Waals surface area contributed by atoms with Crippen molar-refractivity contribution < 1.29 is 13.2 Å². The van der Waals surface area contributed by atoms with Gasteiger partial charge < -0.3 is 4.42 Å². The minimum atomic E-state index is -0.898. The van der Waals surface area contributed by atoms with Crippen LogP contribution in [0.2, 0.25) is 0 Å². The van der Waals surface area contributed by atoms with Crippen molar-refractivity contribution in [2.75, 3.05) is 0 Å². The van der Waals surface area contributed by atoms with E-state index in [4.69, 9.17) is 4.42 Å². The van der Waals surface area contributed by atoms with Gasteiger partial charge in [-0.05, 0) is 116 Å². The van der Waals surface area contributed by atoms with Gasteiger partial charge >= 0.3 is 0 Å². The maximum Gasteiger partial charge on any atom is 0.195 e. The van der Waals surface area contributed by atoms with Gasteiger partial charge in [0.05, 0.1) is 0 Å². The van der Waals surface area contributed by atoms with Gasteiger partial charge in [0.1, 0.15) is 5.52 Å². The molecular weight excluding hydrogens is 428 g/mol. The Bertz CT molecular complexity index is 1060. The average Bonchev–Trinajstić information content (AvgIpc) is 3.40. The number of aromatic nitrogens is 1. The number of fused-ring (bicyclic) bond motifs is 6. The second-order valence-corrected chi connectivity index (χ2v) is 13.0. The van der Waals surface area contributed by atoms with Crippen LogP contribution in [-0.2, 0) is 6.42 Å². The molecule has 4 fully saturated rings. The molecule has 4 aliphatic carbocycles. The van der Waals surface area contributed by atoms with Crippen molar-refractivity contribution in [2.45, 2.75) is 97.8 Å². The van der Waals surface area contributed by atoms with E-state index >= 15 is 0 Å². The highest BCUT2D eigenvalue weighted by molar-refractivity contribution is 5.73. The summed E-state index contributed by atoms with van der Waals surface area (Å²) >= 11 is 0. The highest BCUT2D eigenvalue weighted by atomic mass is 19.2. The highest BCUT2D eigenvalue weighted by Crippen LogP contribution is 2.68. The van der Waals surface area contributed by atoms with E-state index in [1.165, 1.54) is 70.3 Å². The predicted molar refractivity (Wildman–Crippen MR) is 131 cm³/mol. The molecule has 8 unspecified atom stereocenters. The normalized spacial score (nSPS) is 40.6. The summed E-state index contributed by atoms with van der Waals surface area (Å²) in [7, 11) is 0. The first-order valence-electron chi connectivity index (χ1n) is 14.0. The molecule has 0 saturated heterocycles. The summed E-state index contributed by atoms with van der Waals surface area (Å²) in [6.07, 6.45) is 16.1. The monoisotopic (exact) mass is 469 g/mol. The van der Waals surface area contributed by atoms with Gasteiger partial charge in [0, 0.05) is 6.42 Å². The first-order chi connectivity index (χ1) is 16.3.